The van der Waals surface area contributed by atoms with Crippen molar-refractivity contribution in [3.63, 3.8) is 0 Å². The van der Waals surface area contributed by atoms with Gasteiger partial charge in [-0.15, -0.1) is 0 Å². The topological polar surface area (TPSA) is 24.5 Å². The summed E-state index contributed by atoms with van der Waals surface area (Å²) >= 11 is 0. The Morgan fingerprint density at radius 3 is 2.84 bits per heavy atom. The SMILES string of the molecule is CCN1CCCC1CNC(COC)c1ccccc1. The van der Waals surface area contributed by atoms with Crippen molar-refractivity contribution in [1.82, 2.24) is 10.2 Å². The van der Waals surface area contributed by atoms with Crippen LogP contribution in [0.2, 0.25) is 0 Å². The second kappa shape index (κ2) is 7.63. The number of hydrogen-bond acceptors (Lipinski definition) is 3. The summed E-state index contributed by atoms with van der Waals surface area (Å²) < 4.78 is 5.35. The number of likely N-dealkylation sites (N-methyl/N-ethyl adjacent to an activating group) is 1. The van der Waals surface area contributed by atoms with Crippen LogP contribution in [-0.2, 0) is 4.74 Å². The summed E-state index contributed by atoms with van der Waals surface area (Å²) in [5.74, 6) is 0. The van der Waals surface area contributed by atoms with E-state index in [4.69, 9.17) is 4.74 Å². The number of likely N-dealkylation sites (tertiary alicyclic amines) is 1. The van der Waals surface area contributed by atoms with Gasteiger partial charge in [-0.1, -0.05) is 37.3 Å². The highest BCUT2D eigenvalue weighted by atomic mass is 16.5. The molecule has 2 rings (SSSR count). The monoisotopic (exact) mass is 262 g/mol. The highest BCUT2D eigenvalue weighted by molar-refractivity contribution is 5.19. The summed E-state index contributed by atoms with van der Waals surface area (Å²) in [4.78, 5) is 2.57. The zero-order valence-electron chi connectivity index (χ0n) is 12.1. The van der Waals surface area contributed by atoms with Crippen LogP contribution in [0, 0.1) is 0 Å². The van der Waals surface area contributed by atoms with Gasteiger partial charge in [0, 0.05) is 19.7 Å². The number of rotatable bonds is 7. The first-order valence-electron chi connectivity index (χ1n) is 7.36. The molecule has 2 unspecified atom stereocenters. The van der Waals surface area contributed by atoms with Crippen LogP contribution in [0.5, 0.6) is 0 Å². The minimum absolute atomic E-state index is 0.297. The average Bonchev–Trinajstić information content (AvgIpc) is 2.92. The van der Waals surface area contributed by atoms with E-state index in [0.29, 0.717) is 12.1 Å². The summed E-state index contributed by atoms with van der Waals surface area (Å²) in [6, 6.07) is 11.6. The Kier molecular flexibility index (Phi) is 5.83. The Morgan fingerprint density at radius 2 is 2.16 bits per heavy atom. The quantitative estimate of drug-likeness (QED) is 0.817. The van der Waals surface area contributed by atoms with Crippen LogP contribution in [0.15, 0.2) is 30.3 Å². The van der Waals surface area contributed by atoms with Crippen LogP contribution in [0.3, 0.4) is 0 Å². The first-order chi connectivity index (χ1) is 9.35. The molecule has 1 aliphatic heterocycles. The molecule has 2 atom stereocenters. The molecular weight excluding hydrogens is 236 g/mol. The molecule has 1 aliphatic rings. The van der Waals surface area contributed by atoms with E-state index in [2.05, 4.69) is 47.5 Å². The van der Waals surface area contributed by atoms with Crippen molar-refractivity contribution in [2.24, 2.45) is 0 Å². The van der Waals surface area contributed by atoms with Crippen molar-refractivity contribution in [1.29, 1.82) is 0 Å². The molecule has 0 aliphatic carbocycles. The maximum absolute atomic E-state index is 5.35. The Labute approximate surface area is 116 Å². The number of nitrogens with one attached hydrogen (secondary N) is 1. The standard InChI is InChI=1S/C16H26N2O/c1-3-18-11-7-10-15(18)12-17-16(13-19-2)14-8-5-4-6-9-14/h4-6,8-9,15-17H,3,7,10-13H2,1-2H3. The third-order valence-corrected chi connectivity index (χ3v) is 4.04. The first kappa shape index (κ1) is 14.5. The second-order valence-electron chi connectivity index (χ2n) is 5.25. The normalized spacial score (nSPS) is 21.7. The van der Waals surface area contributed by atoms with Gasteiger partial charge >= 0.3 is 0 Å². The molecule has 0 amide bonds. The molecule has 1 aromatic rings. The molecule has 1 fully saturated rings. The lowest BCUT2D eigenvalue weighted by atomic mass is 10.1. The number of ether oxygens (including phenoxy) is 1. The van der Waals surface area contributed by atoms with Gasteiger partial charge < -0.3 is 10.1 Å². The Balaban J connectivity index is 1.90. The van der Waals surface area contributed by atoms with Gasteiger partial charge in [-0.25, -0.2) is 0 Å². The zero-order chi connectivity index (χ0) is 13.5. The predicted octanol–water partition coefficient (Wildman–Crippen LogP) is 2.45. The molecule has 0 bridgehead atoms. The molecule has 106 valence electrons. The van der Waals surface area contributed by atoms with Gasteiger partial charge in [0.1, 0.15) is 0 Å². The van der Waals surface area contributed by atoms with E-state index in [1.54, 1.807) is 7.11 Å². The van der Waals surface area contributed by atoms with Crippen LogP contribution in [0.25, 0.3) is 0 Å². The molecule has 19 heavy (non-hydrogen) atoms. The Bertz CT molecular complexity index is 355. The van der Waals surface area contributed by atoms with Crippen LogP contribution >= 0.6 is 0 Å². The second-order valence-corrected chi connectivity index (χ2v) is 5.25. The van der Waals surface area contributed by atoms with Crippen molar-refractivity contribution in [2.75, 3.05) is 33.4 Å². The molecular formula is C16H26N2O. The molecule has 1 saturated heterocycles. The van der Waals surface area contributed by atoms with E-state index in [9.17, 15) is 0 Å². The van der Waals surface area contributed by atoms with Crippen molar-refractivity contribution < 1.29 is 4.74 Å². The summed E-state index contributed by atoms with van der Waals surface area (Å²) in [6.45, 7) is 6.44. The van der Waals surface area contributed by atoms with Crippen molar-refractivity contribution >= 4 is 0 Å². The van der Waals surface area contributed by atoms with Gasteiger partial charge in [0.05, 0.1) is 12.6 Å². The molecule has 0 aromatic heterocycles. The Hall–Kier alpha value is -0.900. The minimum atomic E-state index is 0.297. The molecule has 1 aromatic carbocycles. The predicted molar refractivity (Wildman–Crippen MR) is 79.3 cm³/mol. The molecule has 1 heterocycles. The number of nitrogens with zero attached hydrogens (tertiary/aromatic N) is 1. The highest BCUT2D eigenvalue weighted by Crippen LogP contribution is 2.18. The minimum Gasteiger partial charge on any atom is -0.383 e. The van der Waals surface area contributed by atoms with Crippen molar-refractivity contribution in [2.45, 2.75) is 31.8 Å². The molecule has 3 heteroatoms. The van der Waals surface area contributed by atoms with Gasteiger partial charge in [-0.2, -0.15) is 0 Å². The molecule has 1 N–H and O–H groups in total. The van der Waals surface area contributed by atoms with Gasteiger partial charge in [-0.05, 0) is 31.5 Å². The Morgan fingerprint density at radius 1 is 1.37 bits per heavy atom. The smallest absolute Gasteiger partial charge is 0.0657 e. The average molecular weight is 262 g/mol. The first-order valence-corrected chi connectivity index (χ1v) is 7.36. The van der Waals surface area contributed by atoms with Gasteiger partial charge in [0.2, 0.25) is 0 Å². The van der Waals surface area contributed by atoms with Gasteiger partial charge in [0.15, 0.2) is 0 Å². The summed E-state index contributed by atoms with van der Waals surface area (Å²) in [6.07, 6.45) is 2.65. The van der Waals surface area contributed by atoms with E-state index < -0.39 is 0 Å². The van der Waals surface area contributed by atoms with E-state index >= 15 is 0 Å². The summed E-state index contributed by atoms with van der Waals surface area (Å²) in [5.41, 5.74) is 1.31. The highest BCUT2D eigenvalue weighted by Gasteiger charge is 2.23. The van der Waals surface area contributed by atoms with Crippen molar-refractivity contribution in [3.05, 3.63) is 35.9 Å². The number of benzene rings is 1. The van der Waals surface area contributed by atoms with Gasteiger partial charge in [0.25, 0.3) is 0 Å². The van der Waals surface area contributed by atoms with Gasteiger partial charge in [-0.3, -0.25) is 4.90 Å². The number of hydrogen-bond donors (Lipinski definition) is 1. The lowest BCUT2D eigenvalue weighted by Crippen LogP contribution is -2.40. The lowest BCUT2D eigenvalue weighted by molar-refractivity contribution is 0.160. The molecule has 0 radical (unpaired) electrons. The fourth-order valence-corrected chi connectivity index (χ4v) is 2.95. The molecule has 3 nitrogen and oxygen atoms in total. The maximum Gasteiger partial charge on any atom is 0.0657 e. The van der Waals surface area contributed by atoms with Crippen molar-refractivity contribution in [3.8, 4) is 0 Å². The van der Waals surface area contributed by atoms with E-state index in [1.807, 2.05) is 0 Å². The number of methoxy groups -OCH3 is 1. The maximum atomic E-state index is 5.35. The summed E-state index contributed by atoms with van der Waals surface area (Å²) in [5, 5.41) is 3.68. The molecule has 0 spiro atoms. The van der Waals surface area contributed by atoms with Crippen LogP contribution in [0.1, 0.15) is 31.4 Å². The van der Waals surface area contributed by atoms with E-state index in [0.717, 1.165) is 19.7 Å². The van der Waals surface area contributed by atoms with Crippen LogP contribution in [-0.4, -0.2) is 44.3 Å². The third-order valence-electron chi connectivity index (χ3n) is 4.04. The lowest BCUT2D eigenvalue weighted by Gasteiger charge is -2.26. The largest absolute Gasteiger partial charge is 0.383 e. The summed E-state index contributed by atoms with van der Waals surface area (Å²) in [7, 11) is 1.77. The van der Waals surface area contributed by atoms with Crippen LogP contribution < -0.4 is 5.32 Å². The third kappa shape index (κ3) is 4.03. The fourth-order valence-electron chi connectivity index (χ4n) is 2.95. The van der Waals surface area contributed by atoms with E-state index in [-0.39, 0.29) is 0 Å². The molecule has 0 saturated carbocycles. The van der Waals surface area contributed by atoms with Crippen LogP contribution in [0.4, 0.5) is 0 Å². The zero-order valence-corrected chi connectivity index (χ0v) is 12.1. The fraction of sp³-hybridized carbons (Fsp3) is 0.625. The van der Waals surface area contributed by atoms with E-state index in [1.165, 1.54) is 24.9 Å².